The van der Waals surface area contributed by atoms with Gasteiger partial charge in [-0.1, -0.05) is 121 Å². The van der Waals surface area contributed by atoms with E-state index in [0.29, 0.717) is 0 Å². The molecule has 0 N–H and O–H groups in total. The molecule has 37 heavy (non-hydrogen) atoms. The molecule has 0 amide bonds. The van der Waals surface area contributed by atoms with Crippen LogP contribution in [0.25, 0.3) is 0 Å². The third kappa shape index (κ3) is 14.4. The van der Waals surface area contributed by atoms with Crippen LogP contribution in [0.1, 0.15) is 41.4 Å². The number of hydrogen-bond acceptors (Lipinski definition) is 8. The summed E-state index contributed by atoms with van der Waals surface area (Å²) in [5.41, 5.74) is 0.880. The van der Waals surface area contributed by atoms with Gasteiger partial charge in [0, 0.05) is 20.1 Å². The van der Waals surface area contributed by atoms with Gasteiger partial charge in [0.2, 0.25) is 0 Å². The molecule has 8 nitrogen and oxygen atoms in total. The third-order valence-electron chi connectivity index (χ3n) is 4.04. The number of carboxylic acids is 4. The van der Waals surface area contributed by atoms with E-state index in [1.54, 1.807) is 72.8 Å². The normalized spacial score (nSPS) is 8.65. The van der Waals surface area contributed by atoms with E-state index < -0.39 is 23.9 Å². The van der Waals surface area contributed by atoms with Gasteiger partial charge < -0.3 is 39.6 Å². The van der Waals surface area contributed by atoms with Gasteiger partial charge in [-0.3, -0.25) is 0 Å². The summed E-state index contributed by atoms with van der Waals surface area (Å²) in [5.74, 6) is -4.52. The first-order valence-electron chi connectivity index (χ1n) is 10.3. The fraction of sp³-hybridized carbons (Fsp3) is 0. The maximum Gasteiger partial charge on any atom is 0.0715 e. The zero-order valence-corrected chi connectivity index (χ0v) is 21.5. The molecule has 0 atom stereocenters. The summed E-state index contributed by atoms with van der Waals surface area (Å²) in [5, 5.41) is 40.4. The largest absolute Gasteiger partial charge is 0.545 e. The van der Waals surface area contributed by atoms with Crippen molar-refractivity contribution in [2.24, 2.45) is 0 Å². The number of carbonyl (C=O) groups excluding carboxylic acids is 4. The van der Waals surface area contributed by atoms with Gasteiger partial charge in [0.15, 0.2) is 0 Å². The molecule has 1 radical (unpaired) electrons. The maximum absolute atomic E-state index is 10.1. The molecule has 4 aromatic carbocycles. The Bertz CT molecular complexity index is 1020. The van der Waals surface area contributed by atoms with Crippen molar-refractivity contribution in [3.8, 4) is 0 Å². The molecule has 0 unspecified atom stereocenters. The van der Waals surface area contributed by atoms with Crippen molar-refractivity contribution in [3.05, 3.63) is 144 Å². The van der Waals surface area contributed by atoms with Crippen molar-refractivity contribution in [1.29, 1.82) is 0 Å². The van der Waals surface area contributed by atoms with Crippen LogP contribution < -0.4 is 20.4 Å². The molecule has 0 aliphatic heterocycles. The van der Waals surface area contributed by atoms with Crippen LogP contribution in [0.4, 0.5) is 0 Å². The van der Waals surface area contributed by atoms with Crippen molar-refractivity contribution in [2.75, 3.05) is 0 Å². The fourth-order valence-corrected chi connectivity index (χ4v) is 2.30. The number of hydrogen-bond donors (Lipinski definition) is 0. The maximum atomic E-state index is 10.1. The van der Waals surface area contributed by atoms with Crippen molar-refractivity contribution in [3.63, 3.8) is 0 Å². The monoisotopic (exact) mass is 677 g/mol. The average Bonchev–Trinajstić information content (AvgIpc) is 2.92. The van der Waals surface area contributed by atoms with E-state index in [4.69, 9.17) is 0 Å². The third-order valence-corrected chi connectivity index (χ3v) is 4.04. The Labute approximate surface area is 226 Å². The standard InChI is InChI=1S/4C7H6O2.Ir/c4*8-7(9)6-4-2-1-3-5-6;/h4*1-5H,(H,8,9);/p-4. The van der Waals surface area contributed by atoms with Gasteiger partial charge in [-0.25, -0.2) is 0 Å². The summed E-state index contributed by atoms with van der Waals surface area (Å²) < 4.78 is 0. The molecule has 4 rings (SSSR count). The Kier molecular flexibility index (Phi) is 16.4. The first-order chi connectivity index (χ1) is 17.2. The van der Waals surface area contributed by atoms with E-state index in [1.807, 2.05) is 0 Å². The molecule has 0 aromatic heterocycles. The molecular weight excluding hydrogens is 657 g/mol. The van der Waals surface area contributed by atoms with Crippen LogP contribution >= 0.6 is 0 Å². The zero-order chi connectivity index (χ0) is 26.8. The molecule has 0 aliphatic carbocycles. The van der Waals surface area contributed by atoms with Gasteiger partial charge in [0.1, 0.15) is 0 Å². The van der Waals surface area contributed by atoms with Gasteiger partial charge >= 0.3 is 0 Å². The van der Waals surface area contributed by atoms with E-state index in [1.165, 1.54) is 48.5 Å². The second kappa shape index (κ2) is 18.7. The van der Waals surface area contributed by atoms with Crippen LogP contribution in [0, 0.1) is 0 Å². The first kappa shape index (κ1) is 32.4. The molecule has 9 heteroatoms. The van der Waals surface area contributed by atoms with E-state index in [-0.39, 0.29) is 42.4 Å². The number of benzene rings is 4. The average molecular weight is 677 g/mol. The quantitative estimate of drug-likeness (QED) is 0.296. The molecule has 0 heterocycles. The Morgan fingerprint density at radius 2 is 0.459 bits per heavy atom. The summed E-state index contributed by atoms with van der Waals surface area (Å²) in [7, 11) is 0. The van der Waals surface area contributed by atoms with Crippen molar-refractivity contribution >= 4 is 23.9 Å². The fourth-order valence-electron chi connectivity index (χ4n) is 2.30. The molecular formula is C28H20IrO8-4. The molecule has 0 saturated carbocycles. The first-order valence-corrected chi connectivity index (χ1v) is 10.3. The molecule has 4 aromatic rings. The smallest absolute Gasteiger partial charge is 0.0715 e. The minimum Gasteiger partial charge on any atom is -0.545 e. The summed E-state index contributed by atoms with van der Waals surface area (Å²) in [4.78, 5) is 40.4. The number of rotatable bonds is 4. The van der Waals surface area contributed by atoms with Crippen LogP contribution in [0.5, 0.6) is 0 Å². The van der Waals surface area contributed by atoms with E-state index in [9.17, 15) is 39.6 Å². The van der Waals surface area contributed by atoms with Gasteiger partial charge in [-0.05, 0) is 22.3 Å². The number of carbonyl (C=O) groups is 4. The minimum absolute atomic E-state index is 0. The zero-order valence-electron chi connectivity index (χ0n) is 19.1. The predicted molar refractivity (Wildman–Crippen MR) is 123 cm³/mol. The van der Waals surface area contributed by atoms with Crippen LogP contribution in [-0.2, 0) is 20.1 Å². The van der Waals surface area contributed by atoms with Gasteiger partial charge in [0.25, 0.3) is 0 Å². The van der Waals surface area contributed by atoms with E-state index in [0.717, 1.165) is 0 Å². The topological polar surface area (TPSA) is 161 Å². The minimum atomic E-state index is -1.13. The van der Waals surface area contributed by atoms with Crippen molar-refractivity contribution < 1.29 is 59.7 Å². The van der Waals surface area contributed by atoms with Gasteiger partial charge in [-0.2, -0.15) is 0 Å². The summed E-state index contributed by atoms with van der Waals surface area (Å²) in [6.07, 6.45) is 0. The molecule has 0 aliphatic rings. The van der Waals surface area contributed by atoms with Crippen LogP contribution in [0.3, 0.4) is 0 Å². The van der Waals surface area contributed by atoms with Crippen LogP contribution in [-0.4, -0.2) is 23.9 Å². The summed E-state index contributed by atoms with van der Waals surface area (Å²) in [6.45, 7) is 0. The molecule has 0 saturated heterocycles. The molecule has 0 spiro atoms. The van der Waals surface area contributed by atoms with E-state index in [2.05, 4.69) is 0 Å². The molecule has 0 bridgehead atoms. The van der Waals surface area contributed by atoms with Crippen LogP contribution in [0.2, 0.25) is 0 Å². The van der Waals surface area contributed by atoms with Crippen molar-refractivity contribution in [1.82, 2.24) is 0 Å². The van der Waals surface area contributed by atoms with E-state index >= 15 is 0 Å². The second-order valence-electron chi connectivity index (χ2n) is 6.61. The Morgan fingerprint density at radius 3 is 0.541 bits per heavy atom. The number of aromatic carboxylic acids is 4. The van der Waals surface area contributed by atoms with Crippen LogP contribution in [0.15, 0.2) is 121 Å². The predicted octanol–water partition coefficient (Wildman–Crippen LogP) is 0.198. The number of carboxylic acid groups (broad SMARTS) is 4. The summed E-state index contributed by atoms with van der Waals surface area (Å²) in [6, 6.07) is 32.3. The van der Waals surface area contributed by atoms with Gasteiger partial charge in [0.05, 0.1) is 23.9 Å². The van der Waals surface area contributed by atoms with Gasteiger partial charge in [-0.15, -0.1) is 0 Å². The summed E-state index contributed by atoms with van der Waals surface area (Å²) >= 11 is 0. The second-order valence-corrected chi connectivity index (χ2v) is 6.61. The van der Waals surface area contributed by atoms with Crippen molar-refractivity contribution in [2.45, 2.75) is 0 Å². The molecule has 0 fully saturated rings. The Balaban J connectivity index is 0.000000463. The molecule has 193 valence electrons. The Morgan fingerprint density at radius 1 is 0.324 bits per heavy atom. The Hall–Kier alpha value is -4.59. The SMILES string of the molecule is O=C([O-])c1ccccc1.O=C([O-])c1ccccc1.O=C([O-])c1ccccc1.O=C([O-])c1ccccc1.[Ir].